The van der Waals surface area contributed by atoms with Crippen molar-refractivity contribution in [3.63, 3.8) is 0 Å². The number of nitrogens with zero attached hydrogens (tertiary/aromatic N) is 2. The van der Waals surface area contributed by atoms with Crippen molar-refractivity contribution in [1.82, 2.24) is 4.57 Å². The number of nitrogens with one attached hydrogen (secondary N) is 1. The van der Waals surface area contributed by atoms with Crippen molar-refractivity contribution in [2.75, 3.05) is 5.32 Å². The normalized spacial score (nSPS) is 11.3. The molecule has 0 aliphatic carbocycles. The van der Waals surface area contributed by atoms with Gasteiger partial charge in [0.15, 0.2) is 4.80 Å². The average molecular weight is 349 g/mol. The third-order valence-corrected chi connectivity index (χ3v) is 4.45. The first-order valence-electron chi connectivity index (χ1n) is 7.94. The molecule has 0 spiro atoms. The van der Waals surface area contributed by atoms with E-state index in [-0.39, 0.29) is 5.91 Å². The molecule has 3 rings (SSSR count). The lowest BCUT2D eigenvalue weighted by Gasteiger charge is -2.06. The Kier molecular flexibility index (Phi) is 5.26. The molecule has 0 atom stereocenters. The molecule has 0 aliphatic heterocycles. The number of carbonyl (C=O) groups is 1. The van der Waals surface area contributed by atoms with Gasteiger partial charge >= 0.3 is 0 Å². The molecule has 25 heavy (non-hydrogen) atoms. The number of carbonyl (C=O) groups excluding carboxylic acids is 1. The van der Waals surface area contributed by atoms with Crippen molar-refractivity contribution >= 4 is 28.6 Å². The van der Waals surface area contributed by atoms with Gasteiger partial charge < -0.3 is 9.88 Å². The zero-order valence-corrected chi connectivity index (χ0v) is 14.8. The Morgan fingerprint density at radius 2 is 1.92 bits per heavy atom. The van der Waals surface area contributed by atoms with Gasteiger partial charge in [-0.15, -0.1) is 17.9 Å². The van der Waals surface area contributed by atoms with Crippen molar-refractivity contribution in [3.8, 4) is 11.3 Å². The van der Waals surface area contributed by atoms with Gasteiger partial charge in [-0.25, -0.2) is 4.99 Å². The van der Waals surface area contributed by atoms with E-state index in [1.165, 1.54) is 6.92 Å². The second-order valence-electron chi connectivity index (χ2n) is 5.51. The molecule has 3 aromatic rings. The quantitative estimate of drug-likeness (QED) is 0.673. The van der Waals surface area contributed by atoms with E-state index in [0.29, 0.717) is 6.54 Å². The Morgan fingerprint density at radius 1 is 1.20 bits per heavy atom. The standard InChI is InChI=1S/C20H19N3OS/c1-3-13-23-19(16-7-5-4-6-8-16)14-25-20(23)22-18-11-9-17(10-12-18)21-15(2)24/h3-12,14H,1,13H2,2H3,(H,21,24). The summed E-state index contributed by atoms with van der Waals surface area (Å²) in [6.07, 6.45) is 1.87. The second kappa shape index (κ2) is 7.77. The van der Waals surface area contributed by atoms with Crippen molar-refractivity contribution in [1.29, 1.82) is 0 Å². The van der Waals surface area contributed by atoms with Crippen molar-refractivity contribution in [2.24, 2.45) is 4.99 Å². The smallest absolute Gasteiger partial charge is 0.221 e. The Bertz CT molecular complexity index is 937. The Hall–Kier alpha value is -2.92. The van der Waals surface area contributed by atoms with Crippen molar-refractivity contribution in [3.05, 3.63) is 77.4 Å². The number of anilines is 1. The van der Waals surface area contributed by atoms with Crippen LogP contribution in [0.25, 0.3) is 11.3 Å². The maximum atomic E-state index is 11.1. The summed E-state index contributed by atoms with van der Waals surface area (Å²) in [6.45, 7) is 6.04. The zero-order chi connectivity index (χ0) is 17.6. The highest BCUT2D eigenvalue weighted by Gasteiger charge is 2.06. The molecule has 1 N–H and O–H groups in total. The Labute approximate surface area is 150 Å². The number of thiazole rings is 1. The van der Waals surface area contributed by atoms with Crippen molar-refractivity contribution < 1.29 is 4.79 Å². The van der Waals surface area contributed by atoms with Crippen LogP contribution in [0.4, 0.5) is 11.4 Å². The molecule has 5 heteroatoms. The lowest BCUT2D eigenvalue weighted by Crippen LogP contribution is -2.14. The Morgan fingerprint density at radius 3 is 2.56 bits per heavy atom. The SMILES string of the molecule is C=CCn1c(-c2ccccc2)csc1=Nc1ccc(NC(C)=O)cc1. The third kappa shape index (κ3) is 4.14. The molecule has 2 aromatic carbocycles. The molecule has 126 valence electrons. The maximum Gasteiger partial charge on any atom is 0.221 e. The number of benzene rings is 2. The van der Waals surface area contributed by atoms with E-state index in [1.54, 1.807) is 11.3 Å². The largest absolute Gasteiger partial charge is 0.326 e. The highest BCUT2D eigenvalue weighted by atomic mass is 32.1. The molecule has 0 radical (unpaired) electrons. The first-order valence-corrected chi connectivity index (χ1v) is 8.82. The van der Waals surface area contributed by atoms with E-state index in [1.807, 2.05) is 48.5 Å². The van der Waals surface area contributed by atoms with Crippen LogP contribution in [-0.4, -0.2) is 10.5 Å². The minimum absolute atomic E-state index is 0.0840. The van der Waals surface area contributed by atoms with Crippen LogP contribution >= 0.6 is 11.3 Å². The summed E-state index contributed by atoms with van der Waals surface area (Å²) >= 11 is 1.60. The summed E-state index contributed by atoms with van der Waals surface area (Å²) < 4.78 is 2.15. The molecular formula is C20H19N3OS. The molecule has 0 unspecified atom stereocenters. The van der Waals surface area contributed by atoms with E-state index in [0.717, 1.165) is 27.4 Å². The molecule has 0 saturated heterocycles. The van der Waals surface area contributed by atoms with Gasteiger partial charge in [-0.2, -0.15) is 0 Å². The highest BCUT2D eigenvalue weighted by Crippen LogP contribution is 2.21. The summed E-state index contributed by atoms with van der Waals surface area (Å²) in [6, 6.07) is 17.7. The number of hydrogen-bond acceptors (Lipinski definition) is 3. The molecule has 0 aliphatic rings. The van der Waals surface area contributed by atoms with E-state index >= 15 is 0 Å². The highest BCUT2D eigenvalue weighted by molar-refractivity contribution is 7.07. The van der Waals surface area contributed by atoms with Gasteiger partial charge in [-0.05, 0) is 29.8 Å². The number of amides is 1. The van der Waals surface area contributed by atoms with Crippen LogP contribution in [0.5, 0.6) is 0 Å². The van der Waals surface area contributed by atoms with Crippen LogP contribution in [0.1, 0.15) is 6.92 Å². The summed E-state index contributed by atoms with van der Waals surface area (Å²) in [5.74, 6) is -0.0840. The maximum absolute atomic E-state index is 11.1. The molecule has 0 bridgehead atoms. The van der Waals surface area contributed by atoms with Crippen LogP contribution in [0, 0.1) is 0 Å². The van der Waals surface area contributed by atoms with Crippen LogP contribution in [0.15, 0.2) is 77.6 Å². The number of rotatable bonds is 5. The van der Waals surface area contributed by atoms with Gasteiger partial charge in [0.1, 0.15) is 0 Å². The lowest BCUT2D eigenvalue weighted by atomic mass is 10.2. The molecule has 1 heterocycles. The summed E-state index contributed by atoms with van der Waals surface area (Å²) in [5, 5.41) is 4.87. The fourth-order valence-electron chi connectivity index (χ4n) is 2.50. The number of aromatic nitrogens is 1. The first-order chi connectivity index (χ1) is 12.2. The summed E-state index contributed by atoms with van der Waals surface area (Å²) in [4.78, 5) is 16.8. The monoisotopic (exact) mass is 349 g/mol. The van der Waals surface area contributed by atoms with Gasteiger partial charge in [-0.1, -0.05) is 36.4 Å². The Balaban J connectivity index is 1.99. The minimum Gasteiger partial charge on any atom is -0.326 e. The molecular weight excluding hydrogens is 330 g/mol. The third-order valence-electron chi connectivity index (χ3n) is 3.59. The van der Waals surface area contributed by atoms with Crippen LogP contribution in [0.3, 0.4) is 0 Å². The van der Waals surface area contributed by atoms with E-state index in [4.69, 9.17) is 4.99 Å². The van der Waals surface area contributed by atoms with Gasteiger partial charge in [-0.3, -0.25) is 4.79 Å². The predicted molar refractivity (Wildman–Crippen MR) is 104 cm³/mol. The van der Waals surface area contributed by atoms with Crippen LogP contribution < -0.4 is 10.1 Å². The molecule has 4 nitrogen and oxygen atoms in total. The van der Waals surface area contributed by atoms with Gasteiger partial charge in [0, 0.05) is 24.5 Å². The molecule has 1 aromatic heterocycles. The first kappa shape index (κ1) is 16.9. The van der Waals surface area contributed by atoms with E-state index < -0.39 is 0 Å². The van der Waals surface area contributed by atoms with Gasteiger partial charge in [0.25, 0.3) is 0 Å². The minimum atomic E-state index is -0.0840. The summed E-state index contributed by atoms with van der Waals surface area (Å²) in [5.41, 5.74) is 3.89. The van der Waals surface area contributed by atoms with Crippen LogP contribution in [0.2, 0.25) is 0 Å². The molecule has 1 amide bonds. The molecule has 0 saturated carbocycles. The zero-order valence-electron chi connectivity index (χ0n) is 14.0. The fourth-order valence-corrected chi connectivity index (χ4v) is 3.44. The topological polar surface area (TPSA) is 46.4 Å². The van der Waals surface area contributed by atoms with Gasteiger partial charge in [0.05, 0.1) is 11.4 Å². The summed E-state index contributed by atoms with van der Waals surface area (Å²) in [7, 11) is 0. The fraction of sp³-hybridized carbons (Fsp3) is 0.100. The second-order valence-corrected chi connectivity index (χ2v) is 6.35. The van der Waals surface area contributed by atoms with Crippen LogP contribution in [-0.2, 0) is 11.3 Å². The average Bonchev–Trinajstić information content (AvgIpc) is 3.00. The predicted octanol–water partition coefficient (Wildman–Crippen LogP) is 4.59. The number of hydrogen-bond donors (Lipinski definition) is 1. The lowest BCUT2D eigenvalue weighted by molar-refractivity contribution is -0.114. The van der Waals surface area contributed by atoms with E-state index in [2.05, 4.69) is 34.0 Å². The van der Waals surface area contributed by atoms with Gasteiger partial charge in [0.2, 0.25) is 5.91 Å². The van der Waals surface area contributed by atoms with Crippen molar-refractivity contribution in [2.45, 2.75) is 13.5 Å². The molecule has 0 fully saturated rings. The van der Waals surface area contributed by atoms with E-state index in [9.17, 15) is 4.79 Å². The number of allylic oxidation sites excluding steroid dienone is 1.